The van der Waals surface area contributed by atoms with Gasteiger partial charge in [-0.1, -0.05) is 13.8 Å². The van der Waals surface area contributed by atoms with Crippen LogP contribution in [-0.4, -0.2) is 38.3 Å². The van der Waals surface area contributed by atoms with Crippen LogP contribution < -0.4 is 10.6 Å². The lowest BCUT2D eigenvalue weighted by Crippen LogP contribution is -2.38. The van der Waals surface area contributed by atoms with E-state index in [2.05, 4.69) is 24.5 Å². The molecule has 0 aromatic carbocycles. The van der Waals surface area contributed by atoms with Crippen LogP contribution in [0.1, 0.15) is 34.1 Å². The lowest BCUT2D eigenvalue weighted by molar-refractivity contribution is -0.134. The molecule has 0 heterocycles. The van der Waals surface area contributed by atoms with Crippen LogP contribution in [0.4, 0.5) is 0 Å². The molecule has 0 saturated carbocycles. The van der Waals surface area contributed by atoms with E-state index >= 15 is 0 Å². The average Bonchev–Trinajstić information content (AvgIpc) is 2.17. The van der Waals surface area contributed by atoms with Crippen molar-refractivity contribution in [2.45, 2.75) is 46.3 Å². The molecule has 2 atom stereocenters. The van der Waals surface area contributed by atoms with E-state index in [0.717, 1.165) is 19.5 Å². The van der Waals surface area contributed by atoms with Crippen molar-refractivity contribution < 1.29 is 9.53 Å². The Bertz CT molecular complexity index is 195. The van der Waals surface area contributed by atoms with E-state index < -0.39 is 0 Å². The van der Waals surface area contributed by atoms with Crippen molar-refractivity contribution >= 4 is 5.91 Å². The van der Waals surface area contributed by atoms with Gasteiger partial charge >= 0.3 is 0 Å². The van der Waals surface area contributed by atoms with Crippen LogP contribution in [-0.2, 0) is 9.53 Å². The van der Waals surface area contributed by atoms with Crippen molar-refractivity contribution in [3.8, 4) is 0 Å². The van der Waals surface area contributed by atoms with Gasteiger partial charge in [0, 0.05) is 13.1 Å². The normalized spacial score (nSPS) is 14.9. The van der Waals surface area contributed by atoms with Crippen molar-refractivity contribution in [3.63, 3.8) is 0 Å². The maximum Gasteiger partial charge on any atom is 0.248 e. The van der Waals surface area contributed by atoms with Gasteiger partial charge in [0.15, 0.2) is 0 Å². The molecule has 2 N–H and O–H groups in total. The van der Waals surface area contributed by atoms with Gasteiger partial charge in [-0.25, -0.2) is 0 Å². The smallest absolute Gasteiger partial charge is 0.248 e. The quantitative estimate of drug-likeness (QED) is 0.658. The van der Waals surface area contributed by atoms with Crippen molar-refractivity contribution in [1.29, 1.82) is 0 Å². The molecule has 0 spiro atoms. The number of hydrogen-bond donors (Lipinski definition) is 2. The molecule has 0 aromatic rings. The molecule has 4 heteroatoms. The molecule has 4 nitrogen and oxygen atoms in total. The van der Waals surface area contributed by atoms with Crippen LogP contribution in [0.5, 0.6) is 0 Å². The molecule has 0 saturated heterocycles. The van der Waals surface area contributed by atoms with Crippen LogP contribution in [0.25, 0.3) is 0 Å². The molecule has 0 aliphatic rings. The fourth-order valence-corrected chi connectivity index (χ4v) is 1.37. The Morgan fingerprint density at radius 2 is 1.88 bits per heavy atom. The van der Waals surface area contributed by atoms with Crippen molar-refractivity contribution in [2.75, 3.05) is 20.1 Å². The second-order valence-electron chi connectivity index (χ2n) is 4.62. The topological polar surface area (TPSA) is 50.4 Å². The van der Waals surface area contributed by atoms with E-state index in [4.69, 9.17) is 4.74 Å². The van der Waals surface area contributed by atoms with Gasteiger partial charge in [-0.2, -0.15) is 0 Å². The zero-order valence-corrected chi connectivity index (χ0v) is 11.2. The molecule has 0 aliphatic carbocycles. The van der Waals surface area contributed by atoms with Gasteiger partial charge in [0.2, 0.25) is 5.91 Å². The van der Waals surface area contributed by atoms with E-state index in [1.807, 2.05) is 14.0 Å². The van der Waals surface area contributed by atoms with E-state index in [0.29, 0.717) is 5.92 Å². The molecule has 0 rings (SSSR count). The third-order valence-electron chi connectivity index (χ3n) is 2.32. The highest BCUT2D eigenvalue weighted by molar-refractivity contribution is 5.80. The number of amides is 1. The number of hydrogen-bond acceptors (Lipinski definition) is 3. The molecule has 0 aliphatic heterocycles. The summed E-state index contributed by atoms with van der Waals surface area (Å²) in [6, 6.07) is 0. The fraction of sp³-hybridized carbons (Fsp3) is 0.917. The largest absolute Gasteiger partial charge is 0.364 e. The van der Waals surface area contributed by atoms with Gasteiger partial charge in [-0.05, 0) is 33.2 Å². The Morgan fingerprint density at radius 1 is 1.25 bits per heavy atom. The summed E-state index contributed by atoms with van der Waals surface area (Å²) in [5, 5.41) is 5.89. The van der Waals surface area contributed by atoms with Gasteiger partial charge in [-0.3, -0.25) is 4.79 Å². The first-order chi connectivity index (χ1) is 7.47. The van der Waals surface area contributed by atoms with Crippen LogP contribution in [0.3, 0.4) is 0 Å². The number of nitrogens with one attached hydrogen (secondary N) is 2. The Balaban J connectivity index is 3.72. The lowest BCUT2D eigenvalue weighted by atomic mass is 10.1. The first-order valence-electron chi connectivity index (χ1n) is 6.05. The predicted molar refractivity (Wildman–Crippen MR) is 66.4 cm³/mol. The summed E-state index contributed by atoms with van der Waals surface area (Å²) in [7, 11) is 1.87. The minimum Gasteiger partial charge on any atom is -0.364 e. The third kappa shape index (κ3) is 7.65. The predicted octanol–water partition coefficient (Wildman–Crippen LogP) is 1.16. The van der Waals surface area contributed by atoms with Gasteiger partial charge in [0.1, 0.15) is 6.10 Å². The molecule has 0 fully saturated rings. The van der Waals surface area contributed by atoms with Crippen LogP contribution in [0, 0.1) is 5.92 Å². The number of carbonyl (C=O) groups is 1. The highest BCUT2D eigenvalue weighted by atomic mass is 16.5. The molecule has 2 unspecified atom stereocenters. The summed E-state index contributed by atoms with van der Waals surface area (Å²) in [5.74, 6) is 0.586. The highest BCUT2D eigenvalue weighted by Crippen LogP contribution is 1.99. The minimum atomic E-state index is -0.379. The second-order valence-corrected chi connectivity index (χ2v) is 4.62. The molecule has 96 valence electrons. The van der Waals surface area contributed by atoms with Crippen molar-refractivity contribution in [2.24, 2.45) is 5.92 Å². The van der Waals surface area contributed by atoms with Gasteiger partial charge < -0.3 is 15.4 Å². The van der Waals surface area contributed by atoms with Crippen LogP contribution >= 0.6 is 0 Å². The zero-order chi connectivity index (χ0) is 12.6. The molecular formula is C12H26N2O2. The summed E-state index contributed by atoms with van der Waals surface area (Å²) >= 11 is 0. The van der Waals surface area contributed by atoms with Gasteiger partial charge in [0.25, 0.3) is 0 Å². The molecule has 1 amide bonds. The van der Waals surface area contributed by atoms with Crippen molar-refractivity contribution in [1.82, 2.24) is 10.6 Å². The summed E-state index contributed by atoms with van der Waals surface area (Å²) in [6.45, 7) is 9.50. The van der Waals surface area contributed by atoms with Gasteiger partial charge in [-0.15, -0.1) is 0 Å². The Labute approximate surface area is 99.1 Å². The number of ether oxygens (including phenoxy) is 1. The first kappa shape index (κ1) is 15.4. The maximum absolute atomic E-state index is 11.6. The standard InChI is InChI=1S/C12H26N2O2/c1-9(2)6-7-14-12(15)11(4)16-10(3)8-13-5/h9-11,13H,6-8H2,1-5H3,(H,14,15). The molecule has 0 bridgehead atoms. The lowest BCUT2D eigenvalue weighted by Gasteiger charge is -2.18. The average molecular weight is 230 g/mol. The van der Waals surface area contributed by atoms with E-state index in [1.54, 1.807) is 6.92 Å². The van der Waals surface area contributed by atoms with Crippen LogP contribution in [0.15, 0.2) is 0 Å². The Hall–Kier alpha value is -0.610. The highest BCUT2D eigenvalue weighted by Gasteiger charge is 2.15. The molecule has 0 aromatic heterocycles. The SMILES string of the molecule is CNCC(C)OC(C)C(=O)NCCC(C)C. The summed E-state index contributed by atoms with van der Waals surface area (Å²) in [5.41, 5.74) is 0. The molecule has 16 heavy (non-hydrogen) atoms. The zero-order valence-electron chi connectivity index (χ0n) is 11.2. The van der Waals surface area contributed by atoms with E-state index in [-0.39, 0.29) is 18.1 Å². The summed E-state index contributed by atoms with van der Waals surface area (Å²) < 4.78 is 5.54. The molecule has 0 radical (unpaired) electrons. The second kappa shape index (κ2) is 8.53. The summed E-state index contributed by atoms with van der Waals surface area (Å²) in [4.78, 5) is 11.6. The fourth-order valence-electron chi connectivity index (χ4n) is 1.37. The summed E-state index contributed by atoms with van der Waals surface area (Å²) in [6.07, 6.45) is 0.677. The van der Waals surface area contributed by atoms with E-state index in [1.165, 1.54) is 0 Å². The van der Waals surface area contributed by atoms with Crippen molar-refractivity contribution in [3.05, 3.63) is 0 Å². The van der Waals surface area contributed by atoms with Crippen LogP contribution in [0.2, 0.25) is 0 Å². The number of rotatable bonds is 8. The van der Waals surface area contributed by atoms with E-state index in [9.17, 15) is 4.79 Å². The minimum absolute atomic E-state index is 0.0244. The maximum atomic E-state index is 11.6. The number of carbonyl (C=O) groups excluding carboxylic acids is 1. The third-order valence-corrected chi connectivity index (χ3v) is 2.32. The number of likely N-dealkylation sites (N-methyl/N-ethyl adjacent to an activating group) is 1. The first-order valence-corrected chi connectivity index (χ1v) is 6.05. The Kier molecular flexibility index (Phi) is 8.21. The Morgan fingerprint density at radius 3 is 2.38 bits per heavy atom. The molecular weight excluding hydrogens is 204 g/mol. The monoisotopic (exact) mass is 230 g/mol. The van der Waals surface area contributed by atoms with Gasteiger partial charge in [0.05, 0.1) is 6.10 Å².